The summed E-state index contributed by atoms with van der Waals surface area (Å²) in [6, 6.07) is -0.398. The predicted octanol–water partition coefficient (Wildman–Crippen LogP) is 1.58. The van der Waals surface area contributed by atoms with Crippen LogP contribution in [0.4, 0.5) is 0 Å². The molecule has 0 saturated carbocycles. The molecule has 0 N–H and O–H groups in total. The average Bonchev–Trinajstić information content (AvgIpc) is 2.72. The van der Waals surface area contributed by atoms with Gasteiger partial charge in [-0.05, 0) is 18.9 Å². The monoisotopic (exact) mass is 243 g/mol. The highest BCUT2D eigenvalue weighted by Gasteiger charge is 2.50. The number of azide groups is 1. The van der Waals surface area contributed by atoms with Crippen LogP contribution in [0.2, 0.25) is 0 Å². The predicted molar refractivity (Wildman–Crippen MR) is 58.1 cm³/mol. The van der Waals surface area contributed by atoms with E-state index in [1.54, 1.807) is 7.11 Å². The minimum Gasteiger partial charge on any atom is -0.378 e. The molecule has 2 rings (SSSR count). The third kappa shape index (κ3) is 2.25. The van der Waals surface area contributed by atoms with Crippen molar-refractivity contribution in [2.24, 2.45) is 5.11 Å². The fraction of sp³-hybridized carbons (Fsp3) is 1.00. The fourth-order valence-corrected chi connectivity index (χ4v) is 2.28. The van der Waals surface area contributed by atoms with Gasteiger partial charge < -0.3 is 18.9 Å². The molecule has 0 bridgehead atoms. The van der Waals surface area contributed by atoms with E-state index in [0.717, 1.165) is 6.42 Å². The Morgan fingerprint density at radius 3 is 2.71 bits per heavy atom. The van der Waals surface area contributed by atoms with E-state index in [-0.39, 0.29) is 24.6 Å². The van der Waals surface area contributed by atoms with Crippen molar-refractivity contribution in [3.8, 4) is 0 Å². The third-order valence-corrected chi connectivity index (χ3v) is 3.14. The molecule has 2 saturated heterocycles. The second-order valence-electron chi connectivity index (χ2n) is 4.18. The first-order chi connectivity index (χ1) is 8.21. The van der Waals surface area contributed by atoms with Crippen LogP contribution in [0, 0.1) is 0 Å². The van der Waals surface area contributed by atoms with Crippen LogP contribution in [0.15, 0.2) is 5.11 Å². The lowest BCUT2D eigenvalue weighted by molar-refractivity contribution is -0.213. The SMILES string of the molecule is CC[C@H]1O[C@H]2O[C@H](C)[C@@H](N=[N+]=[N-])[C@H](OC)[C@H]2O1. The summed E-state index contributed by atoms with van der Waals surface area (Å²) in [5, 5.41) is 3.72. The van der Waals surface area contributed by atoms with Gasteiger partial charge in [0.25, 0.3) is 0 Å². The number of nitrogens with zero attached hydrogens (tertiary/aromatic N) is 3. The fourth-order valence-electron chi connectivity index (χ4n) is 2.28. The zero-order chi connectivity index (χ0) is 12.4. The van der Waals surface area contributed by atoms with E-state index in [1.807, 2.05) is 13.8 Å². The summed E-state index contributed by atoms with van der Waals surface area (Å²) in [7, 11) is 1.57. The van der Waals surface area contributed by atoms with Gasteiger partial charge >= 0.3 is 0 Å². The highest BCUT2D eigenvalue weighted by molar-refractivity contribution is 4.96. The van der Waals surface area contributed by atoms with Crippen molar-refractivity contribution in [2.45, 2.75) is 57.2 Å². The zero-order valence-corrected chi connectivity index (χ0v) is 10.1. The molecule has 0 unspecified atom stereocenters. The lowest BCUT2D eigenvalue weighted by Gasteiger charge is -2.38. The van der Waals surface area contributed by atoms with Crippen molar-refractivity contribution in [2.75, 3.05) is 7.11 Å². The number of ether oxygens (including phenoxy) is 4. The molecule has 96 valence electrons. The summed E-state index contributed by atoms with van der Waals surface area (Å²) in [5.74, 6) is 0. The molecule has 2 fully saturated rings. The molecule has 7 nitrogen and oxygen atoms in total. The van der Waals surface area contributed by atoms with Gasteiger partial charge in [-0.25, -0.2) is 0 Å². The Morgan fingerprint density at radius 2 is 2.12 bits per heavy atom. The van der Waals surface area contributed by atoms with Gasteiger partial charge in [-0.1, -0.05) is 12.0 Å². The average molecular weight is 243 g/mol. The molecule has 0 aromatic rings. The quantitative estimate of drug-likeness (QED) is 0.428. The van der Waals surface area contributed by atoms with Gasteiger partial charge in [0.2, 0.25) is 0 Å². The highest BCUT2D eigenvalue weighted by atomic mass is 16.8. The summed E-state index contributed by atoms with van der Waals surface area (Å²) < 4.78 is 22.3. The first kappa shape index (κ1) is 12.6. The molecule has 2 aliphatic rings. The number of hydrogen-bond acceptors (Lipinski definition) is 5. The van der Waals surface area contributed by atoms with E-state index in [9.17, 15) is 0 Å². The molecule has 2 heterocycles. The molecule has 17 heavy (non-hydrogen) atoms. The molecule has 2 aliphatic heterocycles. The van der Waals surface area contributed by atoms with E-state index < -0.39 is 12.3 Å². The second-order valence-corrected chi connectivity index (χ2v) is 4.18. The molecule has 6 atom stereocenters. The van der Waals surface area contributed by atoms with Crippen molar-refractivity contribution in [3.63, 3.8) is 0 Å². The largest absolute Gasteiger partial charge is 0.378 e. The van der Waals surface area contributed by atoms with Crippen LogP contribution in [-0.2, 0) is 18.9 Å². The van der Waals surface area contributed by atoms with Crippen LogP contribution in [-0.4, -0.2) is 44.0 Å². The normalized spacial score (nSPS) is 45.1. The molecular weight excluding hydrogens is 226 g/mol. The van der Waals surface area contributed by atoms with Gasteiger partial charge in [0.15, 0.2) is 12.6 Å². The standard InChI is InChI=1S/C10H17N3O4/c1-4-6-16-9-8(14-3)7(12-13-11)5(2)15-10(9)17-6/h5-10H,4H2,1-3H3/t5-,6-,7-,8+,9-,10-/m1/s1. The Hall–Kier alpha value is -0.850. The van der Waals surface area contributed by atoms with Gasteiger partial charge in [-0.15, -0.1) is 0 Å². The van der Waals surface area contributed by atoms with Crippen LogP contribution in [0.25, 0.3) is 10.4 Å². The number of fused-ring (bicyclic) bond motifs is 1. The summed E-state index contributed by atoms with van der Waals surface area (Å²) in [6.45, 7) is 3.81. The Bertz CT molecular complexity index is 321. The molecule has 0 amide bonds. The van der Waals surface area contributed by atoms with Crippen LogP contribution in [0.3, 0.4) is 0 Å². The zero-order valence-electron chi connectivity index (χ0n) is 10.1. The van der Waals surface area contributed by atoms with Crippen LogP contribution >= 0.6 is 0 Å². The van der Waals surface area contributed by atoms with Gasteiger partial charge in [0.05, 0.1) is 18.2 Å². The number of methoxy groups -OCH3 is 1. The maximum Gasteiger partial charge on any atom is 0.189 e. The Kier molecular flexibility index (Phi) is 3.86. The van der Waals surface area contributed by atoms with E-state index in [0.29, 0.717) is 0 Å². The lowest BCUT2D eigenvalue weighted by Crippen LogP contribution is -2.55. The highest BCUT2D eigenvalue weighted by Crippen LogP contribution is 2.34. The first-order valence-electron chi connectivity index (χ1n) is 5.74. The lowest BCUT2D eigenvalue weighted by atomic mass is 9.98. The second kappa shape index (κ2) is 5.20. The molecule has 0 radical (unpaired) electrons. The van der Waals surface area contributed by atoms with E-state index in [4.69, 9.17) is 24.5 Å². The van der Waals surface area contributed by atoms with Crippen LogP contribution in [0.5, 0.6) is 0 Å². The van der Waals surface area contributed by atoms with E-state index >= 15 is 0 Å². The Morgan fingerprint density at radius 1 is 1.35 bits per heavy atom. The maximum atomic E-state index is 8.56. The smallest absolute Gasteiger partial charge is 0.189 e. The van der Waals surface area contributed by atoms with E-state index in [1.165, 1.54) is 0 Å². The molecular formula is C10H17N3O4. The van der Waals surface area contributed by atoms with Crippen molar-refractivity contribution < 1.29 is 18.9 Å². The maximum absolute atomic E-state index is 8.56. The van der Waals surface area contributed by atoms with Crippen molar-refractivity contribution in [3.05, 3.63) is 10.4 Å². The van der Waals surface area contributed by atoms with Crippen molar-refractivity contribution in [1.82, 2.24) is 0 Å². The number of hydrogen-bond donors (Lipinski definition) is 0. The summed E-state index contributed by atoms with van der Waals surface area (Å²) in [6.07, 6.45) is -0.901. The summed E-state index contributed by atoms with van der Waals surface area (Å²) in [4.78, 5) is 2.83. The molecule has 0 spiro atoms. The Labute approximate surface area is 99.6 Å². The molecule has 0 aliphatic carbocycles. The van der Waals surface area contributed by atoms with Gasteiger partial charge in [0, 0.05) is 12.0 Å². The van der Waals surface area contributed by atoms with Crippen molar-refractivity contribution >= 4 is 0 Å². The van der Waals surface area contributed by atoms with Crippen LogP contribution in [0.1, 0.15) is 20.3 Å². The topological polar surface area (TPSA) is 85.7 Å². The van der Waals surface area contributed by atoms with Gasteiger partial charge in [-0.2, -0.15) is 0 Å². The first-order valence-corrected chi connectivity index (χ1v) is 5.74. The molecule has 0 aromatic heterocycles. The number of rotatable bonds is 3. The molecule has 7 heteroatoms. The van der Waals surface area contributed by atoms with Gasteiger partial charge in [-0.3, -0.25) is 0 Å². The van der Waals surface area contributed by atoms with Crippen molar-refractivity contribution in [1.29, 1.82) is 0 Å². The summed E-state index contributed by atoms with van der Waals surface area (Å²) >= 11 is 0. The third-order valence-electron chi connectivity index (χ3n) is 3.14. The van der Waals surface area contributed by atoms with Gasteiger partial charge in [0.1, 0.15) is 6.10 Å². The minimum atomic E-state index is -0.440. The molecule has 0 aromatic carbocycles. The van der Waals surface area contributed by atoms with E-state index in [2.05, 4.69) is 10.0 Å². The van der Waals surface area contributed by atoms with Crippen LogP contribution < -0.4 is 0 Å². The summed E-state index contributed by atoms with van der Waals surface area (Å²) in [5.41, 5.74) is 8.56. The minimum absolute atomic E-state index is 0.253. The Balaban J connectivity index is 2.17.